The Morgan fingerprint density at radius 2 is 1.83 bits per heavy atom. The van der Waals surface area contributed by atoms with Crippen molar-refractivity contribution in [2.24, 2.45) is 11.8 Å². The first-order valence-corrected chi connectivity index (χ1v) is 9.33. The standard InChI is InChI=1S/C20H30N2O2/c1-16-7-3-4-8-17(16)11-20(24)22-13-18(19(14-22)15-23)12-21-9-5-2-6-10-21/h3-4,7-8,18-19,23H,2,5-6,9-15H2,1H3/t18-,19-/m1/s1. The average Bonchev–Trinajstić information content (AvgIpc) is 3.01. The first-order chi connectivity index (χ1) is 11.7. The zero-order valence-corrected chi connectivity index (χ0v) is 14.8. The summed E-state index contributed by atoms with van der Waals surface area (Å²) in [5.74, 6) is 0.838. The molecule has 1 N–H and O–H groups in total. The quantitative estimate of drug-likeness (QED) is 0.899. The monoisotopic (exact) mass is 330 g/mol. The van der Waals surface area contributed by atoms with Gasteiger partial charge in [-0.1, -0.05) is 30.7 Å². The number of benzene rings is 1. The van der Waals surface area contributed by atoms with Crippen LogP contribution in [0.15, 0.2) is 24.3 Å². The number of aliphatic hydroxyl groups is 1. The first-order valence-electron chi connectivity index (χ1n) is 9.33. The summed E-state index contributed by atoms with van der Waals surface area (Å²) in [4.78, 5) is 17.2. The number of carbonyl (C=O) groups is 1. The van der Waals surface area contributed by atoms with E-state index in [-0.39, 0.29) is 18.4 Å². The van der Waals surface area contributed by atoms with Crippen LogP contribution < -0.4 is 0 Å². The first kappa shape index (κ1) is 17.4. The van der Waals surface area contributed by atoms with Crippen molar-refractivity contribution >= 4 is 5.91 Å². The number of likely N-dealkylation sites (tertiary alicyclic amines) is 2. The number of piperidine rings is 1. The Labute approximate surface area is 145 Å². The van der Waals surface area contributed by atoms with E-state index >= 15 is 0 Å². The van der Waals surface area contributed by atoms with E-state index in [0.29, 0.717) is 18.9 Å². The van der Waals surface area contributed by atoms with Crippen LogP contribution in [0.2, 0.25) is 0 Å². The van der Waals surface area contributed by atoms with Gasteiger partial charge in [0.15, 0.2) is 0 Å². The highest BCUT2D eigenvalue weighted by atomic mass is 16.3. The normalized spacial score (nSPS) is 25.2. The summed E-state index contributed by atoms with van der Waals surface area (Å²) in [7, 11) is 0. The van der Waals surface area contributed by atoms with Gasteiger partial charge in [0.1, 0.15) is 0 Å². The van der Waals surface area contributed by atoms with E-state index in [1.807, 2.05) is 23.1 Å². The molecule has 1 aromatic rings. The second-order valence-electron chi connectivity index (χ2n) is 7.47. The average molecular weight is 330 g/mol. The minimum atomic E-state index is 0.187. The minimum Gasteiger partial charge on any atom is -0.396 e. The molecule has 2 saturated heterocycles. The summed E-state index contributed by atoms with van der Waals surface area (Å²) < 4.78 is 0. The number of aliphatic hydroxyl groups excluding tert-OH is 1. The van der Waals surface area contributed by atoms with Crippen LogP contribution in [-0.2, 0) is 11.2 Å². The molecule has 4 nitrogen and oxygen atoms in total. The third-order valence-corrected chi connectivity index (χ3v) is 5.71. The fraction of sp³-hybridized carbons (Fsp3) is 0.650. The van der Waals surface area contributed by atoms with Crippen LogP contribution in [0.5, 0.6) is 0 Å². The van der Waals surface area contributed by atoms with Gasteiger partial charge in [0.25, 0.3) is 0 Å². The molecule has 0 radical (unpaired) electrons. The van der Waals surface area contributed by atoms with Crippen molar-refractivity contribution in [2.45, 2.75) is 32.6 Å². The molecule has 2 fully saturated rings. The molecule has 24 heavy (non-hydrogen) atoms. The van der Waals surface area contributed by atoms with Crippen molar-refractivity contribution in [3.63, 3.8) is 0 Å². The Morgan fingerprint density at radius 3 is 2.54 bits per heavy atom. The summed E-state index contributed by atoms with van der Waals surface area (Å²) in [5, 5.41) is 9.74. The third-order valence-electron chi connectivity index (χ3n) is 5.71. The Balaban J connectivity index is 1.58. The molecule has 1 aromatic carbocycles. The Kier molecular flexibility index (Phi) is 5.90. The smallest absolute Gasteiger partial charge is 0.227 e. The lowest BCUT2D eigenvalue weighted by atomic mass is 9.95. The predicted molar refractivity (Wildman–Crippen MR) is 95.8 cm³/mol. The molecular formula is C20H30N2O2. The van der Waals surface area contributed by atoms with Gasteiger partial charge in [0.05, 0.1) is 6.42 Å². The molecule has 0 aromatic heterocycles. The number of carbonyl (C=O) groups excluding carboxylic acids is 1. The van der Waals surface area contributed by atoms with E-state index in [2.05, 4.69) is 17.9 Å². The topological polar surface area (TPSA) is 43.8 Å². The van der Waals surface area contributed by atoms with Crippen LogP contribution in [0, 0.1) is 18.8 Å². The van der Waals surface area contributed by atoms with Crippen LogP contribution >= 0.6 is 0 Å². The van der Waals surface area contributed by atoms with Crippen LogP contribution in [-0.4, -0.2) is 60.1 Å². The summed E-state index contributed by atoms with van der Waals surface area (Å²) in [6.45, 7) is 7.12. The van der Waals surface area contributed by atoms with Gasteiger partial charge in [-0.25, -0.2) is 0 Å². The van der Waals surface area contributed by atoms with E-state index in [9.17, 15) is 9.90 Å². The molecule has 2 aliphatic rings. The molecule has 0 bridgehead atoms. The largest absolute Gasteiger partial charge is 0.396 e. The van der Waals surface area contributed by atoms with Crippen molar-refractivity contribution in [1.29, 1.82) is 0 Å². The van der Waals surface area contributed by atoms with E-state index in [4.69, 9.17) is 0 Å². The molecule has 132 valence electrons. The maximum atomic E-state index is 12.7. The van der Waals surface area contributed by atoms with Gasteiger partial charge < -0.3 is 14.9 Å². The maximum absolute atomic E-state index is 12.7. The molecule has 0 aliphatic carbocycles. The fourth-order valence-corrected chi connectivity index (χ4v) is 4.11. The van der Waals surface area contributed by atoms with Gasteiger partial charge in [0.2, 0.25) is 5.91 Å². The summed E-state index contributed by atoms with van der Waals surface area (Å²) in [6.07, 6.45) is 4.38. The van der Waals surface area contributed by atoms with Crippen LogP contribution in [0.3, 0.4) is 0 Å². The van der Waals surface area contributed by atoms with Crippen molar-refractivity contribution in [3.8, 4) is 0 Å². The van der Waals surface area contributed by atoms with E-state index < -0.39 is 0 Å². The summed E-state index contributed by atoms with van der Waals surface area (Å²) in [6, 6.07) is 8.10. The maximum Gasteiger partial charge on any atom is 0.227 e. The lowest BCUT2D eigenvalue weighted by Crippen LogP contribution is -2.37. The second-order valence-corrected chi connectivity index (χ2v) is 7.47. The van der Waals surface area contributed by atoms with Crippen molar-refractivity contribution < 1.29 is 9.90 Å². The van der Waals surface area contributed by atoms with Crippen LogP contribution in [0.1, 0.15) is 30.4 Å². The number of aryl methyl sites for hydroxylation is 1. The highest BCUT2D eigenvalue weighted by Crippen LogP contribution is 2.26. The SMILES string of the molecule is Cc1ccccc1CC(=O)N1C[C@@H](CN2CCCCC2)[C@@H](CO)C1. The van der Waals surface area contributed by atoms with Gasteiger partial charge in [-0.2, -0.15) is 0 Å². The zero-order valence-electron chi connectivity index (χ0n) is 14.8. The lowest BCUT2D eigenvalue weighted by molar-refractivity contribution is -0.129. The molecule has 0 saturated carbocycles. The second kappa shape index (κ2) is 8.13. The number of nitrogens with zero attached hydrogens (tertiary/aromatic N) is 2. The van der Waals surface area contributed by atoms with Crippen LogP contribution in [0.4, 0.5) is 0 Å². The molecular weight excluding hydrogens is 300 g/mol. The molecule has 2 aliphatic heterocycles. The Hall–Kier alpha value is -1.39. The Bertz CT molecular complexity index is 554. The van der Waals surface area contributed by atoms with Gasteiger partial charge in [-0.05, 0) is 49.9 Å². The molecule has 3 rings (SSSR count). The van der Waals surface area contributed by atoms with Gasteiger partial charge >= 0.3 is 0 Å². The van der Waals surface area contributed by atoms with Crippen LogP contribution in [0.25, 0.3) is 0 Å². The van der Waals surface area contributed by atoms with E-state index in [0.717, 1.165) is 18.7 Å². The molecule has 2 heterocycles. The Morgan fingerprint density at radius 1 is 1.12 bits per heavy atom. The fourth-order valence-electron chi connectivity index (χ4n) is 4.11. The molecule has 0 spiro atoms. The van der Waals surface area contributed by atoms with Crippen molar-refractivity contribution in [1.82, 2.24) is 9.80 Å². The van der Waals surface area contributed by atoms with Gasteiger partial charge in [-0.3, -0.25) is 4.79 Å². The number of hydrogen-bond donors (Lipinski definition) is 1. The van der Waals surface area contributed by atoms with E-state index in [1.165, 1.54) is 37.9 Å². The van der Waals surface area contributed by atoms with Crippen molar-refractivity contribution in [3.05, 3.63) is 35.4 Å². The zero-order chi connectivity index (χ0) is 16.9. The van der Waals surface area contributed by atoms with Gasteiger partial charge in [-0.15, -0.1) is 0 Å². The molecule has 2 atom stereocenters. The summed E-state index contributed by atoms with van der Waals surface area (Å²) in [5.41, 5.74) is 2.29. The number of rotatable bonds is 5. The number of hydrogen-bond acceptors (Lipinski definition) is 3. The molecule has 0 unspecified atom stereocenters. The number of amides is 1. The minimum absolute atomic E-state index is 0.187. The molecule has 4 heteroatoms. The highest BCUT2D eigenvalue weighted by Gasteiger charge is 2.35. The van der Waals surface area contributed by atoms with Gasteiger partial charge in [0, 0.05) is 32.2 Å². The highest BCUT2D eigenvalue weighted by molar-refractivity contribution is 5.79. The molecule has 1 amide bonds. The van der Waals surface area contributed by atoms with E-state index in [1.54, 1.807) is 0 Å². The lowest BCUT2D eigenvalue weighted by Gasteiger charge is -2.30. The summed E-state index contributed by atoms with van der Waals surface area (Å²) >= 11 is 0. The third kappa shape index (κ3) is 4.17. The van der Waals surface area contributed by atoms with Crippen molar-refractivity contribution in [2.75, 3.05) is 39.3 Å². The predicted octanol–water partition coefficient (Wildman–Crippen LogP) is 2.09.